The summed E-state index contributed by atoms with van der Waals surface area (Å²) < 4.78 is 0. The van der Waals surface area contributed by atoms with Gasteiger partial charge in [0, 0.05) is 10.2 Å². The van der Waals surface area contributed by atoms with Crippen molar-refractivity contribution < 1.29 is 0 Å². The van der Waals surface area contributed by atoms with E-state index < -0.39 is 0 Å². The van der Waals surface area contributed by atoms with E-state index in [1.165, 1.54) is 10.2 Å². The average molecular weight is 218 g/mol. The van der Waals surface area contributed by atoms with Crippen molar-refractivity contribution >= 4 is 10.2 Å². The molecule has 0 aliphatic rings. The third kappa shape index (κ3) is 59.1. The van der Waals surface area contributed by atoms with Gasteiger partial charge >= 0.3 is 0 Å². The molecule has 0 aromatic carbocycles. The first-order valence-electron chi connectivity index (χ1n) is 5.73. The van der Waals surface area contributed by atoms with Gasteiger partial charge in [-0.25, -0.2) is 0 Å². The molecule has 0 rings (SSSR count). The van der Waals surface area contributed by atoms with Crippen LogP contribution in [0.5, 0.6) is 0 Å². The minimum absolute atomic E-state index is 1.09. The van der Waals surface area contributed by atoms with E-state index in [0.717, 1.165) is 26.2 Å². The van der Waals surface area contributed by atoms with Crippen LogP contribution >= 0.6 is 0 Å². The van der Waals surface area contributed by atoms with E-state index in [0.29, 0.717) is 0 Å². The topological polar surface area (TPSA) is 24.1 Å². The molecule has 0 aliphatic carbocycles. The molecular formula is C11H30N2Si. The molecule has 2 N–H and O–H groups in total. The lowest BCUT2D eigenvalue weighted by Gasteiger charge is -1.86. The molecule has 0 saturated carbocycles. The monoisotopic (exact) mass is 218 g/mol. The van der Waals surface area contributed by atoms with Gasteiger partial charge in [0.1, 0.15) is 0 Å². The van der Waals surface area contributed by atoms with Crippen molar-refractivity contribution in [3.63, 3.8) is 0 Å². The smallest absolute Gasteiger partial charge is 0.0287 e. The Morgan fingerprint density at radius 3 is 1.07 bits per heavy atom. The van der Waals surface area contributed by atoms with Gasteiger partial charge in [0.05, 0.1) is 0 Å². The minimum atomic E-state index is 1.09. The summed E-state index contributed by atoms with van der Waals surface area (Å²) in [6.07, 6.45) is 2.06. The quantitative estimate of drug-likeness (QED) is 0.691. The Morgan fingerprint density at radius 1 is 0.857 bits per heavy atom. The molecule has 2 nitrogen and oxygen atoms in total. The molecule has 0 radical (unpaired) electrons. The summed E-state index contributed by atoms with van der Waals surface area (Å²) >= 11 is 0. The molecule has 0 aliphatic heterocycles. The van der Waals surface area contributed by atoms with Gasteiger partial charge in [-0.15, -0.1) is 5.70 Å². The van der Waals surface area contributed by atoms with E-state index in [9.17, 15) is 0 Å². The first kappa shape index (κ1) is 19.4. The molecule has 0 aromatic heterocycles. The third-order valence-corrected chi connectivity index (χ3v) is 2.00. The zero-order valence-corrected chi connectivity index (χ0v) is 13.0. The van der Waals surface area contributed by atoms with Crippen molar-refractivity contribution in [1.82, 2.24) is 10.6 Å². The summed E-state index contributed by atoms with van der Waals surface area (Å²) in [6, 6.07) is 0. The van der Waals surface area contributed by atoms with Crippen LogP contribution in [0.3, 0.4) is 0 Å². The Hall–Kier alpha value is -0.123. The fourth-order valence-corrected chi connectivity index (χ4v) is 0.500. The van der Waals surface area contributed by atoms with E-state index in [-0.39, 0.29) is 0 Å². The molecule has 0 spiro atoms. The second kappa shape index (κ2) is 29.3. The predicted octanol–water partition coefficient (Wildman–Crippen LogP) is 1.12. The fourth-order valence-electron chi connectivity index (χ4n) is 0.500. The van der Waals surface area contributed by atoms with Gasteiger partial charge in [0.25, 0.3) is 0 Å². The maximum atomic E-state index is 3.11. The molecule has 0 fully saturated rings. The zero-order valence-electron chi connectivity index (χ0n) is 11.0. The lowest BCUT2D eigenvalue weighted by molar-refractivity contribution is 0.762. The van der Waals surface area contributed by atoms with Crippen LogP contribution in [0.2, 0.25) is 0 Å². The van der Waals surface area contributed by atoms with Crippen LogP contribution in [0.4, 0.5) is 0 Å². The highest BCUT2D eigenvalue weighted by atomic mass is 28.1. The summed E-state index contributed by atoms with van der Waals surface area (Å²) in [5, 5.41) is 6.22. The SMILES string of the molecule is CC=C[SiH3].CCNCC.CCNCC. The van der Waals surface area contributed by atoms with Gasteiger partial charge in [-0.1, -0.05) is 33.8 Å². The first-order valence-corrected chi connectivity index (χ1v) is 6.89. The average Bonchev–Trinajstić information content (AvgIpc) is 2.22. The standard InChI is InChI=1S/2C4H11N.C3H8Si/c2*1-3-5-4-2;1-2-3-4/h2*5H,3-4H2,1-2H3;2-3H,1,4H3. The summed E-state index contributed by atoms with van der Waals surface area (Å²) in [5.41, 5.74) is 2.14. The molecule has 88 valence electrons. The first-order chi connectivity index (χ1) is 6.74. The number of nitrogens with one attached hydrogen (secondary N) is 2. The maximum Gasteiger partial charge on any atom is 0.0287 e. The Morgan fingerprint density at radius 2 is 1.07 bits per heavy atom. The highest BCUT2D eigenvalue weighted by molar-refractivity contribution is 6.16. The molecule has 0 aromatic rings. The lowest BCUT2D eigenvalue weighted by Crippen LogP contribution is -2.09. The van der Waals surface area contributed by atoms with Gasteiger partial charge in [-0.2, -0.15) is 0 Å². The van der Waals surface area contributed by atoms with Gasteiger partial charge < -0.3 is 10.6 Å². The Kier molecular flexibility index (Phi) is 40.7. The van der Waals surface area contributed by atoms with E-state index in [1.807, 2.05) is 6.92 Å². The zero-order chi connectivity index (χ0) is 11.7. The molecule has 0 unspecified atom stereocenters. The summed E-state index contributed by atoms with van der Waals surface area (Å²) in [4.78, 5) is 0. The molecule has 0 atom stereocenters. The van der Waals surface area contributed by atoms with Crippen molar-refractivity contribution in [1.29, 1.82) is 0 Å². The largest absolute Gasteiger partial charge is 0.317 e. The fraction of sp³-hybridized carbons (Fsp3) is 0.818. The summed E-state index contributed by atoms with van der Waals surface area (Å²) in [6.45, 7) is 14.8. The van der Waals surface area contributed by atoms with E-state index in [2.05, 4.69) is 50.1 Å². The molecule has 0 saturated heterocycles. The maximum absolute atomic E-state index is 3.11. The van der Waals surface area contributed by atoms with Crippen LogP contribution in [0, 0.1) is 0 Å². The van der Waals surface area contributed by atoms with E-state index in [4.69, 9.17) is 0 Å². The van der Waals surface area contributed by atoms with Crippen molar-refractivity contribution in [2.24, 2.45) is 0 Å². The Labute approximate surface area is 94.0 Å². The van der Waals surface area contributed by atoms with Crippen molar-refractivity contribution in [3.8, 4) is 0 Å². The highest BCUT2D eigenvalue weighted by Gasteiger charge is 1.63. The van der Waals surface area contributed by atoms with Crippen LogP contribution in [0.25, 0.3) is 0 Å². The minimum Gasteiger partial charge on any atom is -0.317 e. The summed E-state index contributed by atoms with van der Waals surface area (Å²) in [5.74, 6) is 0. The highest BCUT2D eigenvalue weighted by Crippen LogP contribution is 1.51. The van der Waals surface area contributed by atoms with Gasteiger partial charge in [0.15, 0.2) is 0 Å². The van der Waals surface area contributed by atoms with Crippen molar-refractivity contribution in [2.75, 3.05) is 26.2 Å². The van der Waals surface area contributed by atoms with Crippen LogP contribution in [0.1, 0.15) is 34.6 Å². The number of rotatable bonds is 4. The molecule has 14 heavy (non-hydrogen) atoms. The lowest BCUT2D eigenvalue weighted by atomic mass is 10.7. The van der Waals surface area contributed by atoms with Crippen LogP contribution in [-0.2, 0) is 0 Å². The second-order valence-corrected chi connectivity index (χ2v) is 3.25. The van der Waals surface area contributed by atoms with Gasteiger partial charge in [-0.05, 0) is 33.1 Å². The normalized spacial score (nSPS) is 8.93. The number of allylic oxidation sites excluding steroid dienone is 1. The summed E-state index contributed by atoms with van der Waals surface area (Å²) in [7, 11) is 1.21. The Balaban J connectivity index is -0.000000131. The van der Waals surface area contributed by atoms with E-state index in [1.54, 1.807) is 0 Å². The van der Waals surface area contributed by atoms with Crippen molar-refractivity contribution in [2.45, 2.75) is 34.6 Å². The molecule has 0 amide bonds. The van der Waals surface area contributed by atoms with Crippen LogP contribution in [0.15, 0.2) is 11.8 Å². The predicted molar refractivity (Wildman–Crippen MR) is 73.2 cm³/mol. The number of hydrogen-bond acceptors (Lipinski definition) is 2. The molecule has 0 bridgehead atoms. The Bertz CT molecular complexity index is 71.4. The second-order valence-electron chi connectivity index (χ2n) is 2.58. The molecule has 3 heteroatoms. The molecule has 0 heterocycles. The number of hydrogen-bond donors (Lipinski definition) is 2. The van der Waals surface area contributed by atoms with Crippen LogP contribution < -0.4 is 10.6 Å². The molecular weight excluding hydrogens is 188 g/mol. The van der Waals surface area contributed by atoms with Crippen molar-refractivity contribution in [3.05, 3.63) is 11.8 Å². The third-order valence-electron chi connectivity index (χ3n) is 1.33. The van der Waals surface area contributed by atoms with Gasteiger partial charge in [0.2, 0.25) is 0 Å². The van der Waals surface area contributed by atoms with E-state index >= 15 is 0 Å². The van der Waals surface area contributed by atoms with Crippen LogP contribution in [-0.4, -0.2) is 36.4 Å². The van der Waals surface area contributed by atoms with Gasteiger partial charge in [-0.3, -0.25) is 0 Å².